The lowest BCUT2D eigenvalue weighted by Crippen LogP contribution is -2.52. The number of amides is 2. The lowest BCUT2D eigenvalue weighted by Gasteiger charge is -2.29. The number of carboxylic acids is 1. The maximum Gasteiger partial charge on any atom is 0.326 e. The van der Waals surface area contributed by atoms with E-state index < -0.39 is 23.5 Å². The monoisotopic (exact) mass is 296 g/mol. The Morgan fingerprint density at radius 2 is 2.00 bits per heavy atom. The van der Waals surface area contributed by atoms with Crippen LogP contribution in [0.5, 0.6) is 0 Å². The summed E-state index contributed by atoms with van der Waals surface area (Å²) in [5.74, 6) is -1.46. The van der Waals surface area contributed by atoms with Crippen LogP contribution in [0.3, 0.4) is 0 Å². The molecular formula is C15H21FN2O3. The minimum atomic E-state index is -1.09. The summed E-state index contributed by atoms with van der Waals surface area (Å²) in [6, 6.07) is 4.41. The third kappa shape index (κ3) is 5.06. The number of hydrogen-bond acceptors (Lipinski definition) is 2. The van der Waals surface area contributed by atoms with Gasteiger partial charge in [-0.15, -0.1) is 0 Å². The van der Waals surface area contributed by atoms with Crippen molar-refractivity contribution in [3.8, 4) is 0 Å². The van der Waals surface area contributed by atoms with E-state index in [0.717, 1.165) is 0 Å². The van der Waals surface area contributed by atoms with E-state index in [9.17, 15) is 19.1 Å². The molecule has 0 saturated heterocycles. The summed E-state index contributed by atoms with van der Waals surface area (Å²) in [5.41, 5.74) is 0.0246. The molecule has 0 unspecified atom stereocenters. The van der Waals surface area contributed by atoms with Gasteiger partial charge in [0, 0.05) is 13.6 Å². The molecule has 0 aliphatic rings. The summed E-state index contributed by atoms with van der Waals surface area (Å²) in [4.78, 5) is 24.6. The minimum Gasteiger partial charge on any atom is -0.480 e. The molecular weight excluding hydrogens is 275 g/mol. The van der Waals surface area contributed by atoms with E-state index >= 15 is 0 Å². The van der Waals surface area contributed by atoms with E-state index in [4.69, 9.17) is 0 Å². The van der Waals surface area contributed by atoms with E-state index in [1.165, 1.54) is 24.1 Å². The number of benzene rings is 1. The van der Waals surface area contributed by atoms with Gasteiger partial charge in [-0.25, -0.2) is 14.0 Å². The van der Waals surface area contributed by atoms with Crippen LogP contribution < -0.4 is 5.32 Å². The zero-order valence-corrected chi connectivity index (χ0v) is 12.7. The predicted molar refractivity (Wildman–Crippen MR) is 77.3 cm³/mol. The van der Waals surface area contributed by atoms with Gasteiger partial charge >= 0.3 is 12.0 Å². The van der Waals surface area contributed by atoms with Crippen molar-refractivity contribution < 1.29 is 19.1 Å². The number of nitrogens with one attached hydrogen (secondary N) is 1. The fourth-order valence-corrected chi connectivity index (χ4v) is 1.86. The molecule has 0 aliphatic heterocycles. The maximum absolute atomic E-state index is 13.1. The van der Waals surface area contributed by atoms with Crippen molar-refractivity contribution in [2.75, 3.05) is 7.05 Å². The van der Waals surface area contributed by atoms with Gasteiger partial charge in [-0.2, -0.15) is 0 Å². The first-order chi connectivity index (χ1) is 9.61. The molecule has 1 rings (SSSR count). The van der Waals surface area contributed by atoms with Crippen LogP contribution >= 0.6 is 0 Å². The lowest BCUT2D eigenvalue weighted by atomic mass is 9.87. The molecule has 21 heavy (non-hydrogen) atoms. The average Bonchev–Trinajstić information content (AvgIpc) is 2.33. The van der Waals surface area contributed by atoms with Gasteiger partial charge in [-0.3, -0.25) is 0 Å². The number of rotatable bonds is 4. The standard InChI is InChI=1S/C15H21FN2O3/c1-15(2,3)12(13(19)20)17-14(21)18(4)9-10-6-5-7-11(16)8-10/h5-8,12H,9H2,1-4H3,(H,17,21)(H,19,20)/t12-/m1/s1. The predicted octanol–water partition coefficient (Wildman–Crippen LogP) is 2.47. The Bertz CT molecular complexity index is 526. The van der Waals surface area contributed by atoms with Crippen LogP contribution in [0, 0.1) is 11.2 Å². The Hall–Kier alpha value is -2.11. The third-order valence-electron chi connectivity index (χ3n) is 3.04. The molecule has 0 aliphatic carbocycles. The fraction of sp³-hybridized carbons (Fsp3) is 0.467. The minimum absolute atomic E-state index is 0.195. The van der Waals surface area contributed by atoms with Crippen LogP contribution in [0.15, 0.2) is 24.3 Å². The topological polar surface area (TPSA) is 69.6 Å². The average molecular weight is 296 g/mol. The second kappa shape index (κ2) is 6.56. The van der Waals surface area contributed by atoms with Gasteiger partial charge in [0.15, 0.2) is 0 Å². The molecule has 0 heterocycles. The second-order valence-corrected chi connectivity index (χ2v) is 6.07. The van der Waals surface area contributed by atoms with E-state index in [1.807, 2.05) is 0 Å². The molecule has 116 valence electrons. The van der Waals surface area contributed by atoms with Crippen molar-refractivity contribution in [3.05, 3.63) is 35.6 Å². The summed E-state index contributed by atoms with van der Waals surface area (Å²) in [5, 5.41) is 11.7. The number of nitrogens with zero attached hydrogens (tertiary/aromatic N) is 1. The van der Waals surface area contributed by atoms with Gasteiger partial charge in [0.1, 0.15) is 11.9 Å². The molecule has 1 aromatic carbocycles. The number of carbonyl (C=O) groups is 2. The first-order valence-electron chi connectivity index (χ1n) is 6.60. The number of carboxylic acid groups (broad SMARTS) is 1. The van der Waals surface area contributed by atoms with Crippen molar-refractivity contribution in [1.29, 1.82) is 0 Å². The highest BCUT2D eigenvalue weighted by Gasteiger charge is 2.33. The normalized spacial score (nSPS) is 12.6. The number of aliphatic carboxylic acids is 1. The number of carbonyl (C=O) groups excluding carboxylic acids is 1. The van der Waals surface area contributed by atoms with Crippen molar-refractivity contribution in [2.24, 2.45) is 5.41 Å². The zero-order valence-electron chi connectivity index (χ0n) is 12.7. The Kier molecular flexibility index (Phi) is 5.29. The number of urea groups is 1. The van der Waals surface area contributed by atoms with Crippen molar-refractivity contribution >= 4 is 12.0 Å². The van der Waals surface area contributed by atoms with Gasteiger partial charge in [0.2, 0.25) is 0 Å². The van der Waals surface area contributed by atoms with E-state index in [1.54, 1.807) is 32.9 Å². The molecule has 0 aromatic heterocycles. The van der Waals surface area contributed by atoms with Gasteiger partial charge in [-0.05, 0) is 23.1 Å². The summed E-state index contributed by atoms with van der Waals surface area (Å²) < 4.78 is 13.1. The van der Waals surface area contributed by atoms with Crippen molar-refractivity contribution in [3.63, 3.8) is 0 Å². The Morgan fingerprint density at radius 3 is 2.48 bits per heavy atom. The highest BCUT2D eigenvalue weighted by molar-refractivity contribution is 5.83. The van der Waals surface area contributed by atoms with E-state index in [2.05, 4.69) is 5.32 Å². The third-order valence-corrected chi connectivity index (χ3v) is 3.04. The summed E-state index contributed by atoms with van der Waals surface area (Å²) in [6.45, 7) is 5.40. The maximum atomic E-state index is 13.1. The molecule has 6 heteroatoms. The molecule has 0 saturated carbocycles. The smallest absolute Gasteiger partial charge is 0.326 e. The Balaban J connectivity index is 2.72. The first-order valence-corrected chi connectivity index (χ1v) is 6.60. The second-order valence-electron chi connectivity index (χ2n) is 6.07. The van der Waals surface area contributed by atoms with E-state index in [-0.39, 0.29) is 12.4 Å². The largest absolute Gasteiger partial charge is 0.480 e. The molecule has 2 amide bonds. The molecule has 0 radical (unpaired) electrons. The van der Waals surface area contributed by atoms with Crippen LogP contribution in [0.2, 0.25) is 0 Å². The number of hydrogen-bond donors (Lipinski definition) is 2. The molecule has 1 aromatic rings. The molecule has 2 N–H and O–H groups in total. The number of halogens is 1. The van der Waals surface area contributed by atoms with E-state index in [0.29, 0.717) is 5.56 Å². The summed E-state index contributed by atoms with van der Waals surface area (Å²) in [6.07, 6.45) is 0. The van der Waals surface area contributed by atoms with Gasteiger partial charge < -0.3 is 15.3 Å². The van der Waals surface area contributed by atoms with Gasteiger partial charge in [0.25, 0.3) is 0 Å². The quantitative estimate of drug-likeness (QED) is 0.896. The molecule has 1 atom stereocenters. The van der Waals surface area contributed by atoms with Gasteiger partial charge in [-0.1, -0.05) is 32.9 Å². The SMILES string of the molecule is CN(Cc1cccc(F)c1)C(=O)N[C@H](C(=O)O)C(C)(C)C. The highest BCUT2D eigenvalue weighted by atomic mass is 19.1. The lowest BCUT2D eigenvalue weighted by molar-refractivity contribution is -0.142. The van der Waals surface area contributed by atoms with Crippen molar-refractivity contribution in [2.45, 2.75) is 33.4 Å². The van der Waals surface area contributed by atoms with Crippen LogP contribution in [0.4, 0.5) is 9.18 Å². The molecule has 5 nitrogen and oxygen atoms in total. The zero-order chi connectivity index (χ0) is 16.2. The summed E-state index contributed by atoms with van der Waals surface area (Å²) in [7, 11) is 1.53. The van der Waals surface area contributed by atoms with Crippen molar-refractivity contribution in [1.82, 2.24) is 10.2 Å². The molecule has 0 spiro atoms. The fourth-order valence-electron chi connectivity index (χ4n) is 1.86. The molecule has 0 fully saturated rings. The Morgan fingerprint density at radius 1 is 1.38 bits per heavy atom. The summed E-state index contributed by atoms with van der Waals surface area (Å²) >= 11 is 0. The highest BCUT2D eigenvalue weighted by Crippen LogP contribution is 2.19. The van der Waals surface area contributed by atoms with Crippen LogP contribution in [-0.4, -0.2) is 35.1 Å². The van der Waals surface area contributed by atoms with Crippen LogP contribution in [-0.2, 0) is 11.3 Å². The Labute approximate surface area is 123 Å². The molecule has 0 bridgehead atoms. The first kappa shape index (κ1) is 16.9. The van der Waals surface area contributed by atoms with Gasteiger partial charge in [0.05, 0.1) is 0 Å². The van der Waals surface area contributed by atoms with Crippen LogP contribution in [0.1, 0.15) is 26.3 Å². The van der Waals surface area contributed by atoms with Crippen LogP contribution in [0.25, 0.3) is 0 Å².